The Morgan fingerprint density at radius 3 is 2.52 bits per heavy atom. The van der Waals surface area contributed by atoms with Crippen LogP contribution in [-0.2, 0) is 16.4 Å². The van der Waals surface area contributed by atoms with Crippen LogP contribution in [-0.4, -0.2) is 20.9 Å². The fraction of sp³-hybridized carbons (Fsp3) is 0.174. The average Bonchev–Trinajstić information content (AvgIpc) is 2.97. The zero-order valence-electron chi connectivity index (χ0n) is 16.5. The number of rotatable bonds is 4. The Bertz CT molecular complexity index is 1230. The summed E-state index contributed by atoms with van der Waals surface area (Å²) in [6, 6.07) is 16.7. The first-order valence-corrected chi connectivity index (χ1v) is 11.7. The third-order valence-corrected chi connectivity index (χ3v) is 6.90. The Balaban J connectivity index is 1.65. The number of carbonyl (C=O) groups is 1. The van der Waals surface area contributed by atoms with Gasteiger partial charge in [-0.15, -0.1) is 0 Å². The van der Waals surface area contributed by atoms with Crippen molar-refractivity contribution in [1.82, 2.24) is 0 Å². The summed E-state index contributed by atoms with van der Waals surface area (Å²) in [5.41, 5.74) is 2.38. The summed E-state index contributed by atoms with van der Waals surface area (Å²) in [6.45, 7) is 0.578. The lowest BCUT2D eigenvalue weighted by Crippen LogP contribution is -2.31. The highest BCUT2D eigenvalue weighted by Gasteiger charge is 2.23. The molecule has 1 aliphatic rings. The minimum absolute atomic E-state index is 0.0833. The Hall–Kier alpha value is -2.90. The van der Waals surface area contributed by atoms with Crippen LogP contribution in [0.5, 0.6) is 0 Å². The van der Waals surface area contributed by atoms with Crippen molar-refractivity contribution in [1.29, 1.82) is 0 Å². The maximum absolute atomic E-state index is 13.3. The van der Waals surface area contributed by atoms with Crippen LogP contribution in [0.1, 0.15) is 28.8 Å². The van der Waals surface area contributed by atoms with Crippen molar-refractivity contribution in [3.63, 3.8) is 0 Å². The summed E-state index contributed by atoms with van der Waals surface area (Å²) in [5, 5.41) is 0.151. The number of aryl methyl sites for hydroxylation is 1. The molecule has 160 valence electrons. The second-order valence-corrected chi connectivity index (χ2v) is 9.39. The number of hydrogen-bond acceptors (Lipinski definition) is 3. The maximum Gasteiger partial charge on any atom is 0.261 e. The minimum Gasteiger partial charge on any atom is -0.308 e. The fourth-order valence-electron chi connectivity index (χ4n) is 3.61. The molecule has 0 saturated heterocycles. The summed E-state index contributed by atoms with van der Waals surface area (Å²) >= 11 is 6.20. The van der Waals surface area contributed by atoms with E-state index >= 15 is 0 Å². The normalized spacial score (nSPS) is 13.9. The van der Waals surface area contributed by atoms with Crippen molar-refractivity contribution in [2.75, 3.05) is 16.2 Å². The van der Waals surface area contributed by atoms with Gasteiger partial charge in [-0.05, 0) is 73.4 Å². The molecule has 1 N–H and O–H groups in total. The zero-order valence-corrected chi connectivity index (χ0v) is 18.1. The van der Waals surface area contributed by atoms with Gasteiger partial charge in [0.2, 0.25) is 0 Å². The molecule has 31 heavy (non-hydrogen) atoms. The van der Waals surface area contributed by atoms with E-state index in [0.29, 0.717) is 12.1 Å². The number of amides is 1. The van der Waals surface area contributed by atoms with E-state index < -0.39 is 15.8 Å². The molecule has 0 fully saturated rings. The molecular formula is C23H20ClFN2O3S. The van der Waals surface area contributed by atoms with Gasteiger partial charge in [0.15, 0.2) is 0 Å². The van der Waals surface area contributed by atoms with Crippen molar-refractivity contribution < 1.29 is 17.6 Å². The summed E-state index contributed by atoms with van der Waals surface area (Å²) < 4.78 is 40.9. The predicted octanol–water partition coefficient (Wildman–Crippen LogP) is 5.26. The molecule has 8 heteroatoms. The summed E-state index contributed by atoms with van der Waals surface area (Å²) in [5.74, 6) is -0.768. The third-order valence-electron chi connectivity index (χ3n) is 5.19. The molecule has 1 aliphatic heterocycles. The number of benzene rings is 3. The zero-order chi connectivity index (χ0) is 22.0. The fourth-order valence-corrected chi connectivity index (χ4v) is 4.90. The second kappa shape index (κ2) is 8.69. The van der Waals surface area contributed by atoms with Crippen LogP contribution in [0.15, 0.2) is 71.6 Å². The van der Waals surface area contributed by atoms with Crippen molar-refractivity contribution in [3.8, 4) is 0 Å². The van der Waals surface area contributed by atoms with Gasteiger partial charge in [0.1, 0.15) is 5.82 Å². The van der Waals surface area contributed by atoms with Crippen LogP contribution in [0.2, 0.25) is 5.02 Å². The SMILES string of the molecule is O=C(c1ccc(Cl)c(NS(=O)(=O)c2ccc(F)cc2)c1)N1CCCCc2ccccc21. The van der Waals surface area contributed by atoms with Gasteiger partial charge in [-0.25, -0.2) is 12.8 Å². The topological polar surface area (TPSA) is 66.5 Å². The largest absolute Gasteiger partial charge is 0.308 e. The van der Waals surface area contributed by atoms with E-state index in [-0.39, 0.29) is 21.5 Å². The van der Waals surface area contributed by atoms with Gasteiger partial charge in [0.25, 0.3) is 15.9 Å². The molecule has 0 spiro atoms. The molecule has 0 saturated carbocycles. The van der Waals surface area contributed by atoms with Gasteiger partial charge in [-0.3, -0.25) is 9.52 Å². The van der Waals surface area contributed by atoms with E-state index in [1.54, 1.807) is 11.0 Å². The molecule has 1 amide bonds. The standard InChI is InChI=1S/C23H20ClFN2O3S/c24-20-13-8-17(15-21(20)26-31(29,30)19-11-9-18(25)10-12-19)23(28)27-14-4-3-6-16-5-1-2-7-22(16)27/h1-2,5,7-13,15,26H,3-4,6,14H2. The van der Waals surface area contributed by atoms with Gasteiger partial charge in [-0.2, -0.15) is 0 Å². The minimum atomic E-state index is -4.00. The highest BCUT2D eigenvalue weighted by molar-refractivity contribution is 7.92. The van der Waals surface area contributed by atoms with Crippen LogP contribution in [0.25, 0.3) is 0 Å². The number of nitrogens with zero attached hydrogens (tertiary/aromatic N) is 1. The Morgan fingerprint density at radius 1 is 1.00 bits per heavy atom. The Labute approximate surface area is 185 Å². The molecular weight excluding hydrogens is 439 g/mol. The van der Waals surface area contributed by atoms with E-state index in [1.165, 1.54) is 12.1 Å². The first-order valence-electron chi connectivity index (χ1n) is 9.83. The molecule has 0 bridgehead atoms. The monoisotopic (exact) mass is 458 g/mol. The lowest BCUT2D eigenvalue weighted by Gasteiger charge is -2.23. The number of fused-ring (bicyclic) bond motifs is 1. The number of nitrogens with one attached hydrogen (secondary N) is 1. The van der Waals surface area contributed by atoms with Crippen molar-refractivity contribution in [2.24, 2.45) is 0 Å². The van der Waals surface area contributed by atoms with Crippen LogP contribution >= 0.6 is 11.6 Å². The van der Waals surface area contributed by atoms with E-state index in [0.717, 1.165) is 54.8 Å². The van der Waals surface area contributed by atoms with Crippen LogP contribution in [0.3, 0.4) is 0 Å². The van der Waals surface area contributed by atoms with Gasteiger partial charge < -0.3 is 4.90 Å². The van der Waals surface area contributed by atoms with E-state index in [1.807, 2.05) is 24.3 Å². The lowest BCUT2D eigenvalue weighted by atomic mass is 10.1. The van der Waals surface area contributed by atoms with Gasteiger partial charge in [-0.1, -0.05) is 29.8 Å². The van der Waals surface area contributed by atoms with E-state index in [4.69, 9.17) is 11.6 Å². The van der Waals surface area contributed by atoms with Gasteiger partial charge in [0, 0.05) is 17.8 Å². The van der Waals surface area contributed by atoms with Crippen LogP contribution < -0.4 is 9.62 Å². The number of halogens is 2. The summed E-state index contributed by atoms with van der Waals surface area (Å²) in [7, 11) is -4.00. The molecule has 3 aromatic carbocycles. The first-order chi connectivity index (χ1) is 14.8. The molecule has 5 nitrogen and oxygen atoms in total. The molecule has 0 aliphatic carbocycles. The first kappa shape index (κ1) is 21.3. The van der Waals surface area contributed by atoms with E-state index in [9.17, 15) is 17.6 Å². The predicted molar refractivity (Wildman–Crippen MR) is 120 cm³/mol. The van der Waals surface area contributed by atoms with E-state index in [2.05, 4.69) is 4.72 Å². The second-order valence-electron chi connectivity index (χ2n) is 7.30. The highest BCUT2D eigenvalue weighted by Crippen LogP contribution is 2.30. The number of para-hydroxylation sites is 1. The average molecular weight is 459 g/mol. The summed E-state index contributed by atoms with van der Waals surface area (Å²) in [4.78, 5) is 14.9. The van der Waals surface area contributed by atoms with Gasteiger partial charge in [0.05, 0.1) is 15.6 Å². The van der Waals surface area contributed by atoms with Crippen LogP contribution in [0, 0.1) is 5.82 Å². The van der Waals surface area contributed by atoms with Crippen molar-refractivity contribution >= 4 is 38.9 Å². The molecule has 1 heterocycles. The number of hydrogen-bond donors (Lipinski definition) is 1. The summed E-state index contributed by atoms with van der Waals surface area (Å²) in [6.07, 6.45) is 2.77. The van der Waals surface area contributed by atoms with Crippen molar-refractivity contribution in [2.45, 2.75) is 24.2 Å². The van der Waals surface area contributed by atoms with Crippen LogP contribution in [0.4, 0.5) is 15.8 Å². The molecule has 4 rings (SSSR count). The quantitative estimate of drug-likeness (QED) is 0.579. The molecule has 3 aromatic rings. The van der Waals surface area contributed by atoms with Crippen molar-refractivity contribution in [3.05, 3.63) is 88.7 Å². The smallest absolute Gasteiger partial charge is 0.261 e. The number of sulfonamides is 1. The number of carbonyl (C=O) groups excluding carboxylic acids is 1. The maximum atomic E-state index is 13.3. The molecule has 0 atom stereocenters. The highest BCUT2D eigenvalue weighted by atomic mass is 35.5. The number of anilines is 2. The Morgan fingerprint density at radius 2 is 1.74 bits per heavy atom. The molecule has 0 unspecified atom stereocenters. The Kier molecular flexibility index (Phi) is 5.98. The third kappa shape index (κ3) is 4.57. The molecule has 0 radical (unpaired) electrons. The molecule has 0 aromatic heterocycles. The lowest BCUT2D eigenvalue weighted by molar-refractivity contribution is 0.0987. The van der Waals surface area contributed by atoms with Gasteiger partial charge >= 0.3 is 0 Å².